The van der Waals surface area contributed by atoms with Gasteiger partial charge in [-0.25, -0.2) is 4.39 Å². The number of carbonyl (C=O) groups excluding carboxylic acids is 2. The second kappa shape index (κ2) is 4.78. The lowest BCUT2D eigenvalue weighted by atomic mass is 10.3. The van der Waals surface area contributed by atoms with Crippen molar-refractivity contribution in [3.05, 3.63) is 42.2 Å². The van der Waals surface area contributed by atoms with Crippen LogP contribution in [-0.4, -0.2) is 29.9 Å². The van der Waals surface area contributed by atoms with Crippen LogP contribution in [0.25, 0.3) is 0 Å². The molecule has 0 spiro atoms. The Balaban J connectivity index is 1.84. The fourth-order valence-corrected chi connectivity index (χ4v) is 1.46. The molecular weight excluding hydrogens is 225 g/mol. The lowest BCUT2D eigenvalue weighted by Crippen LogP contribution is -2.33. The molecule has 0 bridgehead atoms. The predicted molar refractivity (Wildman–Crippen MR) is 57.8 cm³/mol. The van der Waals surface area contributed by atoms with E-state index in [0.29, 0.717) is 5.75 Å². The second-order valence-electron chi connectivity index (χ2n) is 3.47. The number of nitrogens with zero attached hydrogens (tertiary/aromatic N) is 1. The Morgan fingerprint density at radius 3 is 2.53 bits per heavy atom. The van der Waals surface area contributed by atoms with Crippen molar-refractivity contribution in [2.24, 2.45) is 0 Å². The Labute approximate surface area is 97.3 Å². The molecule has 2 amide bonds. The fraction of sp³-hybridized carbons (Fsp3) is 0.167. The molecule has 0 saturated heterocycles. The molecule has 88 valence electrons. The van der Waals surface area contributed by atoms with E-state index in [4.69, 9.17) is 4.74 Å². The van der Waals surface area contributed by atoms with Gasteiger partial charge in [0.1, 0.15) is 18.2 Å². The highest BCUT2D eigenvalue weighted by molar-refractivity contribution is 6.12. The highest BCUT2D eigenvalue weighted by Gasteiger charge is 2.22. The van der Waals surface area contributed by atoms with Gasteiger partial charge in [-0.1, -0.05) is 6.07 Å². The minimum Gasteiger partial charge on any atom is -0.492 e. The summed E-state index contributed by atoms with van der Waals surface area (Å²) in [6.07, 6.45) is 2.43. The summed E-state index contributed by atoms with van der Waals surface area (Å²) in [7, 11) is 0. The summed E-state index contributed by atoms with van der Waals surface area (Å²) in [6.45, 7) is 0.295. The van der Waals surface area contributed by atoms with Crippen LogP contribution in [0.2, 0.25) is 0 Å². The first-order chi connectivity index (χ1) is 8.16. The van der Waals surface area contributed by atoms with E-state index < -0.39 is 5.82 Å². The maximum atomic E-state index is 12.8. The van der Waals surface area contributed by atoms with Crippen molar-refractivity contribution in [1.82, 2.24) is 4.90 Å². The average molecular weight is 235 g/mol. The zero-order valence-electron chi connectivity index (χ0n) is 8.93. The highest BCUT2D eigenvalue weighted by Crippen LogP contribution is 2.12. The molecular formula is C12H10FNO3. The van der Waals surface area contributed by atoms with Gasteiger partial charge in [0.05, 0.1) is 6.54 Å². The Morgan fingerprint density at radius 2 is 1.88 bits per heavy atom. The Hall–Kier alpha value is -2.17. The monoisotopic (exact) mass is 235 g/mol. The molecule has 0 N–H and O–H groups in total. The van der Waals surface area contributed by atoms with Crippen LogP contribution in [-0.2, 0) is 9.59 Å². The molecule has 0 aromatic heterocycles. The first kappa shape index (κ1) is 11.3. The molecule has 17 heavy (non-hydrogen) atoms. The van der Waals surface area contributed by atoms with Crippen molar-refractivity contribution in [3.8, 4) is 5.75 Å². The zero-order chi connectivity index (χ0) is 12.3. The molecule has 1 aliphatic rings. The van der Waals surface area contributed by atoms with Crippen LogP contribution in [0.4, 0.5) is 4.39 Å². The van der Waals surface area contributed by atoms with Crippen molar-refractivity contribution >= 4 is 11.8 Å². The number of hydrogen-bond donors (Lipinski definition) is 0. The Morgan fingerprint density at radius 1 is 1.18 bits per heavy atom. The number of rotatable bonds is 4. The van der Waals surface area contributed by atoms with Gasteiger partial charge in [-0.2, -0.15) is 0 Å². The molecule has 0 radical (unpaired) electrons. The highest BCUT2D eigenvalue weighted by atomic mass is 19.1. The van der Waals surface area contributed by atoms with E-state index in [9.17, 15) is 14.0 Å². The van der Waals surface area contributed by atoms with Gasteiger partial charge in [0.2, 0.25) is 0 Å². The maximum Gasteiger partial charge on any atom is 0.253 e. The van der Waals surface area contributed by atoms with Gasteiger partial charge in [-0.15, -0.1) is 0 Å². The van der Waals surface area contributed by atoms with Crippen LogP contribution in [0.1, 0.15) is 0 Å². The number of hydrogen-bond acceptors (Lipinski definition) is 3. The number of halogens is 1. The summed E-state index contributed by atoms with van der Waals surface area (Å²) in [5, 5.41) is 0. The third kappa shape index (κ3) is 2.69. The molecule has 5 heteroatoms. The van der Waals surface area contributed by atoms with Crippen LogP contribution >= 0.6 is 0 Å². The first-order valence-electron chi connectivity index (χ1n) is 5.09. The number of benzene rings is 1. The molecule has 0 fully saturated rings. The van der Waals surface area contributed by atoms with E-state index in [1.54, 1.807) is 6.07 Å². The summed E-state index contributed by atoms with van der Waals surface area (Å²) < 4.78 is 18.0. The fourth-order valence-electron chi connectivity index (χ4n) is 1.46. The summed E-state index contributed by atoms with van der Waals surface area (Å²) in [5.74, 6) is -0.717. The maximum absolute atomic E-state index is 12.8. The van der Waals surface area contributed by atoms with Gasteiger partial charge >= 0.3 is 0 Å². The van der Waals surface area contributed by atoms with Crippen molar-refractivity contribution in [2.75, 3.05) is 13.2 Å². The molecule has 0 unspecified atom stereocenters. The normalized spacial score (nSPS) is 14.5. The van der Waals surface area contributed by atoms with Gasteiger partial charge in [-0.05, 0) is 12.1 Å². The number of imide groups is 1. The van der Waals surface area contributed by atoms with Gasteiger partial charge in [0.25, 0.3) is 11.8 Å². The van der Waals surface area contributed by atoms with Crippen LogP contribution in [0.5, 0.6) is 5.75 Å². The van der Waals surface area contributed by atoms with Crippen molar-refractivity contribution in [3.63, 3.8) is 0 Å². The largest absolute Gasteiger partial charge is 0.492 e. The van der Waals surface area contributed by atoms with Crippen molar-refractivity contribution < 1.29 is 18.7 Å². The SMILES string of the molecule is O=C1C=CC(=O)N1CCOc1cccc(F)c1. The Kier molecular flexibility index (Phi) is 3.18. The van der Waals surface area contributed by atoms with E-state index in [0.717, 1.165) is 4.90 Å². The minimum atomic E-state index is -0.391. The average Bonchev–Trinajstić information content (AvgIpc) is 2.61. The summed E-state index contributed by atoms with van der Waals surface area (Å²) in [6, 6.07) is 5.68. The van der Waals surface area contributed by atoms with Crippen LogP contribution in [0.3, 0.4) is 0 Å². The lowest BCUT2D eigenvalue weighted by molar-refractivity contribution is -0.137. The predicted octanol–water partition coefficient (Wildman–Crippen LogP) is 1.13. The van der Waals surface area contributed by atoms with E-state index in [1.165, 1.54) is 30.4 Å². The van der Waals surface area contributed by atoms with Gasteiger partial charge < -0.3 is 4.74 Å². The summed E-state index contributed by atoms with van der Waals surface area (Å²) in [4.78, 5) is 23.4. The quantitative estimate of drug-likeness (QED) is 0.735. The molecule has 0 atom stereocenters. The van der Waals surface area contributed by atoms with Crippen LogP contribution in [0.15, 0.2) is 36.4 Å². The molecule has 4 nitrogen and oxygen atoms in total. The van der Waals surface area contributed by atoms with Crippen LogP contribution in [0, 0.1) is 5.82 Å². The van der Waals surface area contributed by atoms with Gasteiger partial charge in [0, 0.05) is 18.2 Å². The molecule has 1 aromatic rings. The first-order valence-corrected chi connectivity index (χ1v) is 5.09. The third-order valence-electron chi connectivity index (χ3n) is 2.28. The zero-order valence-corrected chi connectivity index (χ0v) is 8.93. The number of amides is 2. The van der Waals surface area contributed by atoms with E-state index in [-0.39, 0.29) is 25.0 Å². The van der Waals surface area contributed by atoms with E-state index in [2.05, 4.69) is 0 Å². The molecule has 1 aliphatic heterocycles. The summed E-state index contributed by atoms with van der Waals surface area (Å²) in [5.41, 5.74) is 0. The minimum absolute atomic E-state index is 0.141. The topological polar surface area (TPSA) is 46.6 Å². The molecule has 0 saturated carbocycles. The standard InChI is InChI=1S/C12H10FNO3/c13-9-2-1-3-10(8-9)17-7-6-14-11(15)4-5-12(14)16/h1-5,8H,6-7H2. The van der Waals surface area contributed by atoms with Crippen LogP contribution < -0.4 is 4.74 Å². The molecule has 1 aromatic carbocycles. The number of ether oxygens (including phenoxy) is 1. The molecule has 1 heterocycles. The third-order valence-corrected chi connectivity index (χ3v) is 2.28. The molecule has 0 aliphatic carbocycles. The molecule has 2 rings (SSSR count). The smallest absolute Gasteiger partial charge is 0.253 e. The number of carbonyl (C=O) groups is 2. The van der Waals surface area contributed by atoms with Gasteiger partial charge in [-0.3, -0.25) is 14.5 Å². The van der Waals surface area contributed by atoms with E-state index >= 15 is 0 Å². The Bertz CT molecular complexity index is 466. The van der Waals surface area contributed by atoms with Crippen molar-refractivity contribution in [1.29, 1.82) is 0 Å². The van der Waals surface area contributed by atoms with E-state index in [1.807, 2.05) is 0 Å². The van der Waals surface area contributed by atoms with Gasteiger partial charge in [0.15, 0.2) is 0 Å². The lowest BCUT2D eigenvalue weighted by Gasteiger charge is -2.14. The summed E-state index contributed by atoms with van der Waals surface area (Å²) >= 11 is 0. The second-order valence-corrected chi connectivity index (χ2v) is 3.47. The van der Waals surface area contributed by atoms with Crippen molar-refractivity contribution in [2.45, 2.75) is 0 Å².